The summed E-state index contributed by atoms with van der Waals surface area (Å²) in [6.07, 6.45) is 3.35. The first-order chi connectivity index (χ1) is 4.79. The van der Waals surface area contributed by atoms with Crippen LogP contribution in [0.15, 0.2) is 17.5 Å². The van der Waals surface area contributed by atoms with Gasteiger partial charge in [0.15, 0.2) is 0 Å². The number of aliphatic imine (C=N–C) groups is 1. The van der Waals surface area contributed by atoms with Crippen LogP contribution in [0.5, 0.6) is 0 Å². The summed E-state index contributed by atoms with van der Waals surface area (Å²) >= 11 is 0. The molecule has 0 aliphatic carbocycles. The SMILES string of the molecule is CC(N)=NCc1cnc[nH]1. The highest BCUT2D eigenvalue weighted by molar-refractivity contribution is 5.77. The summed E-state index contributed by atoms with van der Waals surface area (Å²) in [6.45, 7) is 2.35. The molecule has 0 bridgehead atoms. The maximum atomic E-state index is 5.32. The third kappa shape index (κ3) is 1.89. The van der Waals surface area contributed by atoms with Crippen molar-refractivity contribution < 1.29 is 0 Å². The average molecular weight is 138 g/mol. The van der Waals surface area contributed by atoms with E-state index in [0.717, 1.165) is 5.69 Å². The Morgan fingerprint density at radius 3 is 3.20 bits per heavy atom. The molecule has 3 N–H and O–H groups in total. The number of H-pyrrole nitrogens is 1. The van der Waals surface area contributed by atoms with Gasteiger partial charge in [-0.05, 0) is 6.92 Å². The fraction of sp³-hybridized carbons (Fsp3) is 0.333. The van der Waals surface area contributed by atoms with Crippen molar-refractivity contribution >= 4 is 5.84 Å². The van der Waals surface area contributed by atoms with Gasteiger partial charge in [-0.15, -0.1) is 0 Å². The Labute approximate surface area is 59.2 Å². The number of nitrogens with zero attached hydrogens (tertiary/aromatic N) is 2. The number of rotatable bonds is 2. The van der Waals surface area contributed by atoms with Gasteiger partial charge in [-0.1, -0.05) is 0 Å². The largest absolute Gasteiger partial charge is 0.388 e. The van der Waals surface area contributed by atoms with E-state index in [1.807, 2.05) is 0 Å². The first kappa shape index (κ1) is 6.80. The van der Waals surface area contributed by atoms with Crippen LogP contribution in [-0.2, 0) is 6.54 Å². The van der Waals surface area contributed by atoms with E-state index in [0.29, 0.717) is 12.4 Å². The Kier molecular flexibility index (Phi) is 2.04. The number of imidazole rings is 1. The van der Waals surface area contributed by atoms with Gasteiger partial charge in [0.05, 0.1) is 24.4 Å². The molecule has 1 aromatic heterocycles. The van der Waals surface area contributed by atoms with E-state index < -0.39 is 0 Å². The summed E-state index contributed by atoms with van der Waals surface area (Å²) < 4.78 is 0. The summed E-state index contributed by atoms with van der Waals surface area (Å²) in [5, 5.41) is 0. The van der Waals surface area contributed by atoms with Crippen molar-refractivity contribution in [3.63, 3.8) is 0 Å². The molecule has 0 aliphatic heterocycles. The van der Waals surface area contributed by atoms with Gasteiger partial charge >= 0.3 is 0 Å². The van der Waals surface area contributed by atoms with Crippen LogP contribution in [0, 0.1) is 0 Å². The van der Waals surface area contributed by atoms with Gasteiger partial charge in [0.25, 0.3) is 0 Å². The molecule has 0 unspecified atom stereocenters. The number of nitrogens with one attached hydrogen (secondary N) is 1. The zero-order chi connectivity index (χ0) is 7.40. The van der Waals surface area contributed by atoms with E-state index in [4.69, 9.17) is 5.73 Å². The van der Waals surface area contributed by atoms with Gasteiger partial charge in [-0.25, -0.2) is 4.98 Å². The summed E-state index contributed by atoms with van der Waals surface area (Å²) in [4.78, 5) is 10.7. The molecule has 1 aromatic rings. The van der Waals surface area contributed by atoms with Crippen molar-refractivity contribution in [2.75, 3.05) is 0 Å². The third-order valence-corrected chi connectivity index (χ3v) is 1.05. The van der Waals surface area contributed by atoms with Gasteiger partial charge < -0.3 is 10.7 Å². The zero-order valence-electron chi connectivity index (χ0n) is 5.83. The second-order valence-electron chi connectivity index (χ2n) is 2.03. The van der Waals surface area contributed by atoms with Crippen LogP contribution in [0.1, 0.15) is 12.6 Å². The fourth-order valence-electron chi connectivity index (χ4n) is 0.581. The van der Waals surface area contributed by atoms with E-state index in [1.54, 1.807) is 19.4 Å². The summed E-state index contributed by atoms with van der Waals surface area (Å²) in [6, 6.07) is 0. The van der Waals surface area contributed by atoms with Crippen molar-refractivity contribution in [2.45, 2.75) is 13.5 Å². The van der Waals surface area contributed by atoms with Gasteiger partial charge in [-0.3, -0.25) is 4.99 Å². The summed E-state index contributed by atoms with van der Waals surface area (Å²) in [5.41, 5.74) is 6.30. The molecule has 4 heteroatoms. The quantitative estimate of drug-likeness (QED) is 0.455. The molecule has 0 saturated heterocycles. The highest BCUT2D eigenvalue weighted by Gasteiger charge is 1.88. The van der Waals surface area contributed by atoms with E-state index in [1.165, 1.54) is 0 Å². The molecular weight excluding hydrogens is 128 g/mol. The van der Waals surface area contributed by atoms with E-state index in [9.17, 15) is 0 Å². The maximum Gasteiger partial charge on any atom is 0.0922 e. The molecule has 1 rings (SSSR count). The van der Waals surface area contributed by atoms with Crippen LogP contribution in [0.25, 0.3) is 0 Å². The Morgan fingerprint density at radius 2 is 2.70 bits per heavy atom. The van der Waals surface area contributed by atoms with Crippen molar-refractivity contribution in [1.29, 1.82) is 0 Å². The van der Waals surface area contributed by atoms with Crippen molar-refractivity contribution in [3.8, 4) is 0 Å². The highest BCUT2D eigenvalue weighted by atomic mass is 14.9. The number of amidine groups is 1. The molecule has 0 fully saturated rings. The number of aromatic amines is 1. The highest BCUT2D eigenvalue weighted by Crippen LogP contribution is 1.92. The zero-order valence-corrected chi connectivity index (χ0v) is 5.83. The number of hydrogen-bond acceptors (Lipinski definition) is 2. The van der Waals surface area contributed by atoms with Gasteiger partial charge in [0, 0.05) is 6.20 Å². The number of hydrogen-bond donors (Lipinski definition) is 2. The minimum absolute atomic E-state index is 0.586. The minimum atomic E-state index is 0.586. The molecule has 0 aliphatic rings. The van der Waals surface area contributed by atoms with Crippen molar-refractivity contribution in [1.82, 2.24) is 9.97 Å². The van der Waals surface area contributed by atoms with E-state index in [-0.39, 0.29) is 0 Å². The monoisotopic (exact) mass is 138 g/mol. The van der Waals surface area contributed by atoms with Crippen LogP contribution in [0.4, 0.5) is 0 Å². The smallest absolute Gasteiger partial charge is 0.0922 e. The molecule has 0 radical (unpaired) electrons. The molecule has 1 heterocycles. The Bertz CT molecular complexity index is 208. The number of aromatic nitrogens is 2. The maximum absolute atomic E-state index is 5.32. The molecule has 0 amide bonds. The fourth-order valence-corrected chi connectivity index (χ4v) is 0.581. The third-order valence-electron chi connectivity index (χ3n) is 1.05. The summed E-state index contributed by atoms with van der Waals surface area (Å²) in [7, 11) is 0. The molecule has 0 aromatic carbocycles. The second-order valence-corrected chi connectivity index (χ2v) is 2.03. The van der Waals surface area contributed by atoms with Crippen LogP contribution >= 0.6 is 0 Å². The minimum Gasteiger partial charge on any atom is -0.388 e. The average Bonchev–Trinajstić information content (AvgIpc) is 2.34. The lowest BCUT2D eigenvalue weighted by molar-refractivity contribution is 1.00. The van der Waals surface area contributed by atoms with Crippen molar-refractivity contribution in [3.05, 3.63) is 18.2 Å². The molecule has 0 atom stereocenters. The lowest BCUT2D eigenvalue weighted by Crippen LogP contribution is -2.05. The molecular formula is C6H10N4. The van der Waals surface area contributed by atoms with Gasteiger partial charge in [0.1, 0.15) is 0 Å². The predicted octanol–water partition coefficient (Wildman–Crippen LogP) is 0.287. The first-order valence-electron chi connectivity index (χ1n) is 3.03. The second kappa shape index (κ2) is 3.00. The van der Waals surface area contributed by atoms with Crippen LogP contribution < -0.4 is 5.73 Å². The van der Waals surface area contributed by atoms with Crippen LogP contribution in [-0.4, -0.2) is 15.8 Å². The lowest BCUT2D eigenvalue weighted by atomic mass is 10.5. The predicted molar refractivity (Wildman–Crippen MR) is 39.6 cm³/mol. The molecule has 54 valence electrons. The Morgan fingerprint density at radius 1 is 1.90 bits per heavy atom. The van der Waals surface area contributed by atoms with E-state index in [2.05, 4.69) is 15.0 Å². The molecule has 0 spiro atoms. The first-order valence-corrected chi connectivity index (χ1v) is 3.03. The molecule has 0 saturated carbocycles. The summed E-state index contributed by atoms with van der Waals surface area (Å²) in [5.74, 6) is 0.592. The number of nitrogens with two attached hydrogens (primary N) is 1. The van der Waals surface area contributed by atoms with Gasteiger partial charge in [0.2, 0.25) is 0 Å². The Balaban J connectivity index is 2.49. The standard InChI is InChI=1S/C6H10N4/c1-5(7)9-3-6-2-8-4-10-6/h2,4H,3H2,1H3,(H2,7,9)(H,8,10). The molecule has 10 heavy (non-hydrogen) atoms. The molecule has 4 nitrogen and oxygen atoms in total. The van der Waals surface area contributed by atoms with Gasteiger partial charge in [-0.2, -0.15) is 0 Å². The van der Waals surface area contributed by atoms with Crippen LogP contribution in [0.2, 0.25) is 0 Å². The topological polar surface area (TPSA) is 67.1 Å². The lowest BCUT2D eigenvalue weighted by Gasteiger charge is -1.89. The Hall–Kier alpha value is -1.32. The normalized spacial score (nSPS) is 11.9. The van der Waals surface area contributed by atoms with Crippen molar-refractivity contribution in [2.24, 2.45) is 10.7 Å². The van der Waals surface area contributed by atoms with E-state index >= 15 is 0 Å². The van der Waals surface area contributed by atoms with Crippen LogP contribution in [0.3, 0.4) is 0 Å².